The van der Waals surface area contributed by atoms with Gasteiger partial charge in [-0.2, -0.15) is 0 Å². The molecule has 0 bridgehead atoms. The van der Waals surface area contributed by atoms with Crippen molar-refractivity contribution in [2.45, 2.75) is 32.2 Å². The van der Waals surface area contributed by atoms with Crippen LogP contribution in [-0.4, -0.2) is 40.8 Å². The van der Waals surface area contributed by atoms with E-state index in [0.717, 1.165) is 24.0 Å². The molecule has 3 rings (SSSR count). The Hall–Kier alpha value is -2.69. The highest BCUT2D eigenvalue weighted by atomic mass is 16.2. The summed E-state index contributed by atoms with van der Waals surface area (Å²) in [4.78, 5) is 30.6. The van der Waals surface area contributed by atoms with Crippen LogP contribution < -0.4 is 5.32 Å². The van der Waals surface area contributed by atoms with Crippen molar-refractivity contribution in [1.82, 2.24) is 15.2 Å². The van der Waals surface area contributed by atoms with E-state index in [1.165, 1.54) is 0 Å². The number of hydrogen-bond donors (Lipinski definition) is 1. The summed E-state index contributed by atoms with van der Waals surface area (Å²) in [5.74, 6) is 0.00842. The van der Waals surface area contributed by atoms with Gasteiger partial charge in [-0.15, -0.1) is 0 Å². The Morgan fingerprint density at radius 1 is 1.12 bits per heavy atom. The fourth-order valence-electron chi connectivity index (χ4n) is 3.14. The lowest BCUT2D eigenvalue weighted by Crippen LogP contribution is -2.47. The van der Waals surface area contributed by atoms with E-state index in [9.17, 15) is 9.59 Å². The van der Waals surface area contributed by atoms with Crippen LogP contribution in [0.3, 0.4) is 0 Å². The van der Waals surface area contributed by atoms with E-state index in [1.807, 2.05) is 42.2 Å². The maximum Gasteiger partial charge on any atom is 0.272 e. The molecule has 2 heterocycles. The molecule has 0 saturated carbocycles. The van der Waals surface area contributed by atoms with Crippen molar-refractivity contribution < 1.29 is 9.59 Å². The third-order valence-corrected chi connectivity index (χ3v) is 4.64. The van der Waals surface area contributed by atoms with Gasteiger partial charge in [0.05, 0.1) is 6.42 Å². The van der Waals surface area contributed by atoms with Gasteiger partial charge < -0.3 is 10.2 Å². The number of carbonyl (C=O) groups is 2. The van der Waals surface area contributed by atoms with Gasteiger partial charge in [0.2, 0.25) is 5.91 Å². The smallest absolute Gasteiger partial charge is 0.272 e. The minimum absolute atomic E-state index is 0.0368. The van der Waals surface area contributed by atoms with E-state index in [-0.39, 0.29) is 17.9 Å². The maximum atomic E-state index is 12.4. The van der Waals surface area contributed by atoms with Crippen LogP contribution in [0.25, 0.3) is 0 Å². The molecule has 0 radical (unpaired) electrons. The number of benzene rings is 1. The van der Waals surface area contributed by atoms with Crippen molar-refractivity contribution >= 4 is 11.8 Å². The summed E-state index contributed by atoms with van der Waals surface area (Å²) in [5, 5.41) is 3.10. The number of nitrogens with zero attached hydrogens (tertiary/aromatic N) is 2. The molecule has 5 heteroatoms. The Kier molecular flexibility index (Phi) is 5.43. The van der Waals surface area contributed by atoms with Crippen molar-refractivity contribution in [3.05, 3.63) is 65.5 Å². The minimum atomic E-state index is -0.0368. The van der Waals surface area contributed by atoms with E-state index < -0.39 is 0 Å². The monoisotopic (exact) mass is 337 g/mol. The van der Waals surface area contributed by atoms with Crippen LogP contribution in [0.1, 0.15) is 34.5 Å². The summed E-state index contributed by atoms with van der Waals surface area (Å²) in [6, 6.07) is 13.4. The van der Waals surface area contributed by atoms with Crippen molar-refractivity contribution in [3.63, 3.8) is 0 Å². The van der Waals surface area contributed by atoms with Gasteiger partial charge in [0.1, 0.15) is 5.69 Å². The molecule has 1 aromatic carbocycles. The van der Waals surface area contributed by atoms with Gasteiger partial charge in [0.25, 0.3) is 5.91 Å². The van der Waals surface area contributed by atoms with Crippen LogP contribution in [0.2, 0.25) is 0 Å². The zero-order chi connectivity index (χ0) is 17.6. The molecular formula is C20H23N3O2. The first-order chi connectivity index (χ1) is 12.1. The van der Waals surface area contributed by atoms with Crippen LogP contribution in [0.4, 0.5) is 0 Å². The summed E-state index contributed by atoms with van der Waals surface area (Å²) < 4.78 is 0. The molecule has 5 nitrogen and oxygen atoms in total. The van der Waals surface area contributed by atoms with Crippen LogP contribution in [0.15, 0.2) is 48.7 Å². The Balaban J connectivity index is 1.48. The molecule has 0 spiro atoms. The Bertz CT molecular complexity index is 738. The van der Waals surface area contributed by atoms with E-state index >= 15 is 0 Å². The molecule has 1 N–H and O–H groups in total. The fraction of sp³-hybridized carbons (Fsp3) is 0.350. The Morgan fingerprint density at radius 3 is 2.52 bits per heavy atom. The lowest BCUT2D eigenvalue weighted by Gasteiger charge is -2.32. The number of hydrogen-bond acceptors (Lipinski definition) is 3. The topological polar surface area (TPSA) is 62.3 Å². The van der Waals surface area contributed by atoms with Gasteiger partial charge >= 0.3 is 0 Å². The first-order valence-electron chi connectivity index (χ1n) is 8.67. The van der Waals surface area contributed by atoms with Gasteiger partial charge in [-0.3, -0.25) is 14.6 Å². The predicted molar refractivity (Wildman–Crippen MR) is 96.2 cm³/mol. The highest BCUT2D eigenvalue weighted by Gasteiger charge is 2.25. The second-order valence-electron chi connectivity index (χ2n) is 6.45. The highest BCUT2D eigenvalue weighted by Crippen LogP contribution is 2.14. The molecule has 1 aliphatic rings. The first-order valence-corrected chi connectivity index (χ1v) is 8.67. The Morgan fingerprint density at radius 2 is 1.84 bits per heavy atom. The standard InChI is InChI=1S/C20H23N3O2/c1-15-6-2-3-7-16(15)14-19(24)22-17-9-12-23(13-10-17)20(25)18-8-4-5-11-21-18/h2-8,11,17H,9-10,12-14H2,1H3,(H,22,24). The number of carbonyl (C=O) groups excluding carboxylic acids is 2. The summed E-state index contributed by atoms with van der Waals surface area (Å²) in [5.41, 5.74) is 2.67. The maximum absolute atomic E-state index is 12.4. The molecule has 1 fully saturated rings. The van der Waals surface area contributed by atoms with Gasteiger partial charge in [-0.25, -0.2) is 0 Å². The van der Waals surface area contributed by atoms with Crippen LogP contribution in [0.5, 0.6) is 0 Å². The molecule has 2 amide bonds. The molecule has 1 aliphatic heterocycles. The third kappa shape index (κ3) is 4.44. The van der Waals surface area contributed by atoms with Gasteiger partial charge in [-0.05, 0) is 43.0 Å². The normalized spacial score (nSPS) is 15.0. The zero-order valence-corrected chi connectivity index (χ0v) is 14.4. The number of nitrogens with one attached hydrogen (secondary N) is 1. The van der Waals surface area contributed by atoms with E-state index in [1.54, 1.807) is 18.3 Å². The number of amides is 2. The van der Waals surface area contributed by atoms with Gasteiger partial charge in [0, 0.05) is 25.3 Å². The molecule has 2 aromatic rings. The van der Waals surface area contributed by atoms with Crippen LogP contribution in [-0.2, 0) is 11.2 Å². The average molecular weight is 337 g/mol. The second kappa shape index (κ2) is 7.92. The molecule has 0 atom stereocenters. The van der Waals surface area contributed by atoms with Gasteiger partial charge in [-0.1, -0.05) is 30.3 Å². The van der Waals surface area contributed by atoms with Crippen molar-refractivity contribution in [3.8, 4) is 0 Å². The third-order valence-electron chi connectivity index (χ3n) is 4.64. The number of aromatic nitrogens is 1. The van der Waals surface area contributed by atoms with E-state index in [4.69, 9.17) is 0 Å². The average Bonchev–Trinajstić information content (AvgIpc) is 2.64. The number of pyridine rings is 1. The predicted octanol–water partition coefficient (Wildman–Crippen LogP) is 2.35. The molecule has 25 heavy (non-hydrogen) atoms. The van der Waals surface area contributed by atoms with E-state index in [2.05, 4.69) is 10.3 Å². The molecule has 130 valence electrons. The summed E-state index contributed by atoms with van der Waals surface area (Å²) in [7, 11) is 0. The molecule has 1 aromatic heterocycles. The Labute approximate surface area is 148 Å². The second-order valence-corrected chi connectivity index (χ2v) is 6.45. The molecule has 0 aliphatic carbocycles. The van der Waals surface area contributed by atoms with Crippen molar-refractivity contribution in [2.75, 3.05) is 13.1 Å². The van der Waals surface area contributed by atoms with Crippen molar-refractivity contribution in [2.24, 2.45) is 0 Å². The summed E-state index contributed by atoms with van der Waals surface area (Å²) in [6.45, 7) is 3.31. The van der Waals surface area contributed by atoms with Gasteiger partial charge in [0.15, 0.2) is 0 Å². The molecular weight excluding hydrogens is 314 g/mol. The first kappa shape index (κ1) is 17.1. The molecule has 0 unspecified atom stereocenters. The fourth-order valence-corrected chi connectivity index (χ4v) is 3.14. The number of piperidine rings is 1. The lowest BCUT2D eigenvalue weighted by molar-refractivity contribution is -0.121. The van der Waals surface area contributed by atoms with Crippen molar-refractivity contribution in [1.29, 1.82) is 0 Å². The van der Waals surface area contributed by atoms with Crippen LogP contribution in [0, 0.1) is 6.92 Å². The van der Waals surface area contributed by atoms with E-state index in [0.29, 0.717) is 25.2 Å². The number of rotatable bonds is 4. The summed E-state index contributed by atoms with van der Waals surface area (Å²) in [6.07, 6.45) is 3.59. The molecule has 1 saturated heterocycles. The van der Waals surface area contributed by atoms with Crippen LogP contribution >= 0.6 is 0 Å². The summed E-state index contributed by atoms with van der Waals surface area (Å²) >= 11 is 0. The minimum Gasteiger partial charge on any atom is -0.353 e. The largest absolute Gasteiger partial charge is 0.353 e. The quantitative estimate of drug-likeness (QED) is 0.931. The highest BCUT2D eigenvalue weighted by molar-refractivity contribution is 5.92. The lowest BCUT2D eigenvalue weighted by atomic mass is 10.0. The number of likely N-dealkylation sites (tertiary alicyclic amines) is 1. The zero-order valence-electron chi connectivity index (χ0n) is 14.4. The SMILES string of the molecule is Cc1ccccc1CC(=O)NC1CCN(C(=O)c2ccccn2)CC1. The number of aryl methyl sites for hydroxylation is 1.